The minimum atomic E-state index is -0.386. The first-order valence-electron chi connectivity index (χ1n) is 9.82. The van der Waals surface area contributed by atoms with Crippen molar-refractivity contribution in [3.05, 3.63) is 89.6 Å². The number of hydrogen-bond acceptors (Lipinski definition) is 4. The fourth-order valence-corrected chi connectivity index (χ4v) is 3.58. The van der Waals surface area contributed by atoms with Crippen LogP contribution in [0.25, 0.3) is 0 Å². The summed E-state index contributed by atoms with van der Waals surface area (Å²) in [5.41, 5.74) is 3.23. The number of carbonyl (C=O) groups excluding carboxylic acids is 1. The highest BCUT2D eigenvalue weighted by Gasteiger charge is 2.34. The van der Waals surface area contributed by atoms with Crippen molar-refractivity contribution < 1.29 is 9.53 Å². The van der Waals surface area contributed by atoms with Crippen LogP contribution in [-0.2, 0) is 10.3 Å². The summed E-state index contributed by atoms with van der Waals surface area (Å²) in [6.07, 6.45) is 1.63. The molecule has 5 nitrogen and oxygen atoms in total. The van der Waals surface area contributed by atoms with E-state index in [2.05, 4.69) is 34.3 Å². The number of nitrogens with zero attached hydrogens (tertiary/aromatic N) is 2. The number of carbonyl (C=O) groups is 1. The van der Waals surface area contributed by atoms with Gasteiger partial charge in [-0.3, -0.25) is 4.79 Å². The third kappa shape index (κ3) is 4.30. The highest BCUT2D eigenvalue weighted by atomic mass is 16.5. The highest BCUT2D eigenvalue weighted by Crippen LogP contribution is 2.31. The van der Waals surface area contributed by atoms with Gasteiger partial charge in [-0.1, -0.05) is 48.0 Å². The molecular weight excluding hydrogens is 362 g/mol. The number of morpholine rings is 1. The molecule has 1 aliphatic heterocycles. The van der Waals surface area contributed by atoms with Crippen LogP contribution in [0.4, 0.5) is 11.5 Å². The molecule has 3 aromatic rings. The van der Waals surface area contributed by atoms with E-state index in [1.165, 1.54) is 0 Å². The van der Waals surface area contributed by atoms with E-state index in [-0.39, 0.29) is 11.5 Å². The summed E-state index contributed by atoms with van der Waals surface area (Å²) < 4.78 is 6.11. The molecule has 2 heterocycles. The molecular formula is C24H25N3O2. The van der Waals surface area contributed by atoms with Crippen LogP contribution < -0.4 is 10.2 Å². The van der Waals surface area contributed by atoms with Crippen LogP contribution in [0.1, 0.15) is 28.4 Å². The summed E-state index contributed by atoms with van der Waals surface area (Å²) in [6.45, 7) is 6.23. The topological polar surface area (TPSA) is 54.5 Å². The lowest BCUT2D eigenvalue weighted by Crippen LogP contribution is -2.48. The van der Waals surface area contributed by atoms with Crippen molar-refractivity contribution >= 4 is 17.4 Å². The number of rotatable bonds is 4. The molecule has 29 heavy (non-hydrogen) atoms. The Labute approximate surface area is 171 Å². The fourth-order valence-electron chi connectivity index (χ4n) is 3.58. The minimum Gasteiger partial charge on any atom is -0.367 e. The Morgan fingerprint density at radius 2 is 1.83 bits per heavy atom. The summed E-state index contributed by atoms with van der Waals surface area (Å²) in [7, 11) is 0. The van der Waals surface area contributed by atoms with Gasteiger partial charge >= 0.3 is 0 Å². The number of anilines is 2. The Morgan fingerprint density at radius 1 is 1.07 bits per heavy atom. The van der Waals surface area contributed by atoms with E-state index in [4.69, 9.17) is 4.74 Å². The molecule has 4 rings (SSSR count). The summed E-state index contributed by atoms with van der Waals surface area (Å²) in [5.74, 6) is 0.686. The average molecular weight is 387 g/mol. The minimum absolute atomic E-state index is 0.163. The zero-order valence-electron chi connectivity index (χ0n) is 16.8. The molecule has 1 aromatic heterocycles. The standard InChI is InChI=1S/C24H25N3O2/c1-18-8-11-21(12-9-18)26-23(28)19-10-13-22(25-16-19)27-14-15-29-24(2,17-27)20-6-4-3-5-7-20/h3-13,16H,14-15,17H2,1-2H3,(H,26,28). The van der Waals surface area contributed by atoms with Gasteiger partial charge in [-0.05, 0) is 43.7 Å². The Morgan fingerprint density at radius 3 is 2.52 bits per heavy atom. The number of hydrogen-bond donors (Lipinski definition) is 1. The Balaban J connectivity index is 1.46. The quantitative estimate of drug-likeness (QED) is 0.721. The molecule has 2 aromatic carbocycles. The van der Waals surface area contributed by atoms with Crippen LogP contribution in [-0.4, -0.2) is 30.6 Å². The smallest absolute Gasteiger partial charge is 0.257 e. The summed E-state index contributed by atoms with van der Waals surface area (Å²) in [4.78, 5) is 19.2. The van der Waals surface area contributed by atoms with Crippen LogP contribution in [0.5, 0.6) is 0 Å². The van der Waals surface area contributed by atoms with Gasteiger partial charge in [-0.25, -0.2) is 4.98 Å². The Kier molecular flexibility index (Phi) is 5.32. The predicted octanol–water partition coefficient (Wildman–Crippen LogP) is 4.39. The lowest BCUT2D eigenvalue weighted by molar-refractivity contribution is -0.0468. The van der Waals surface area contributed by atoms with E-state index in [0.29, 0.717) is 18.7 Å². The summed E-state index contributed by atoms with van der Waals surface area (Å²) in [5, 5.41) is 2.91. The molecule has 0 radical (unpaired) electrons. The van der Waals surface area contributed by atoms with Crippen molar-refractivity contribution in [1.82, 2.24) is 4.98 Å². The van der Waals surface area contributed by atoms with Gasteiger partial charge < -0.3 is 15.0 Å². The van der Waals surface area contributed by atoms with E-state index in [0.717, 1.165) is 29.2 Å². The molecule has 1 unspecified atom stereocenters. The van der Waals surface area contributed by atoms with Gasteiger partial charge in [-0.15, -0.1) is 0 Å². The molecule has 0 spiro atoms. The third-order valence-corrected chi connectivity index (χ3v) is 5.30. The van der Waals surface area contributed by atoms with Crippen molar-refractivity contribution in [3.63, 3.8) is 0 Å². The number of nitrogens with one attached hydrogen (secondary N) is 1. The second-order valence-corrected chi connectivity index (χ2v) is 7.59. The molecule has 1 fully saturated rings. The number of aryl methyl sites for hydroxylation is 1. The van der Waals surface area contributed by atoms with E-state index in [9.17, 15) is 4.79 Å². The third-order valence-electron chi connectivity index (χ3n) is 5.30. The van der Waals surface area contributed by atoms with Gasteiger partial charge in [0.25, 0.3) is 5.91 Å². The van der Waals surface area contributed by atoms with E-state index < -0.39 is 0 Å². The van der Waals surface area contributed by atoms with Gasteiger partial charge in [0.15, 0.2) is 0 Å². The van der Waals surface area contributed by atoms with Crippen molar-refractivity contribution in [1.29, 1.82) is 0 Å². The SMILES string of the molecule is Cc1ccc(NC(=O)c2ccc(N3CCOC(C)(c4ccccc4)C3)nc2)cc1. The molecule has 1 aliphatic rings. The van der Waals surface area contributed by atoms with Gasteiger partial charge in [-0.2, -0.15) is 0 Å². The molecule has 1 N–H and O–H groups in total. The first kappa shape index (κ1) is 19.2. The van der Waals surface area contributed by atoms with Crippen LogP contribution in [0.3, 0.4) is 0 Å². The second kappa shape index (κ2) is 8.05. The largest absolute Gasteiger partial charge is 0.367 e. The Hall–Kier alpha value is -3.18. The molecule has 0 saturated carbocycles. The summed E-state index contributed by atoms with van der Waals surface area (Å²) >= 11 is 0. The highest BCUT2D eigenvalue weighted by molar-refractivity contribution is 6.04. The van der Waals surface area contributed by atoms with E-state index >= 15 is 0 Å². The maximum absolute atomic E-state index is 12.5. The molecule has 0 bridgehead atoms. The van der Waals surface area contributed by atoms with Crippen LogP contribution >= 0.6 is 0 Å². The van der Waals surface area contributed by atoms with Gasteiger partial charge in [0.05, 0.1) is 18.7 Å². The van der Waals surface area contributed by atoms with Gasteiger partial charge in [0, 0.05) is 18.4 Å². The number of aromatic nitrogens is 1. The number of pyridine rings is 1. The summed E-state index contributed by atoms with van der Waals surface area (Å²) in [6, 6.07) is 21.7. The first-order chi connectivity index (χ1) is 14.0. The lowest BCUT2D eigenvalue weighted by Gasteiger charge is -2.41. The first-order valence-corrected chi connectivity index (χ1v) is 9.82. The second-order valence-electron chi connectivity index (χ2n) is 7.59. The molecule has 1 amide bonds. The maximum Gasteiger partial charge on any atom is 0.257 e. The fraction of sp³-hybridized carbons (Fsp3) is 0.250. The van der Waals surface area contributed by atoms with Crippen LogP contribution in [0, 0.1) is 6.92 Å². The number of ether oxygens (including phenoxy) is 1. The van der Waals surface area contributed by atoms with Crippen molar-refractivity contribution in [3.8, 4) is 0 Å². The monoisotopic (exact) mass is 387 g/mol. The lowest BCUT2D eigenvalue weighted by atomic mass is 9.94. The Bertz CT molecular complexity index is 971. The van der Waals surface area contributed by atoms with Crippen molar-refractivity contribution in [2.45, 2.75) is 19.4 Å². The number of benzene rings is 2. The van der Waals surface area contributed by atoms with Crippen LogP contribution in [0.15, 0.2) is 72.9 Å². The molecule has 148 valence electrons. The van der Waals surface area contributed by atoms with Crippen molar-refractivity contribution in [2.24, 2.45) is 0 Å². The zero-order valence-corrected chi connectivity index (χ0v) is 16.8. The normalized spacial score (nSPS) is 19.0. The molecule has 1 atom stereocenters. The molecule has 1 saturated heterocycles. The van der Waals surface area contributed by atoms with Gasteiger partial charge in [0.2, 0.25) is 0 Å². The number of amides is 1. The van der Waals surface area contributed by atoms with Crippen molar-refractivity contribution in [2.75, 3.05) is 29.9 Å². The average Bonchev–Trinajstić information content (AvgIpc) is 2.76. The zero-order chi connectivity index (χ0) is 20.3. The van der Waals surface area contributed by atoms with E-state index in [1.54, 1.807) is 6.20 Å². The van der Waals surface area contributed by atoms with E-state index in [1.807, 2.05) is 61.5 Å². The van der Waals surface area contributed by atoms with Crippen LogP contribution in [0.2, 0.25) is 0 Å². The molecule has 5 heteroatoms. The maximum atomic E-state index is 12.5. The van der Waals surface area contributed by atoms with Gasteiger partial charge in [0.1, 0.15) is 11.4 Å². The molecule has 0 aliphatic carbocycles. The predicted molar refractivity (Wildman–Crippen MR) is 115 cm³/mol.